The van der Waals surface area contributed by atoms with Crippen molar-refractivity contribution in [3.05, 3.63) is 0 Å². The van der Waals surface area contributed by atoms with Crippen LogP contribution in [0.15, 0.2) is 0 Å². The highest BCUT2D eigenvalue weighted by molar-refractivity contribution is 8.26. The Morgan fingerprint density at radius 2 is 0.826 bits per heavy atom. The van der Waals surface area contributed by atoms with E-state index in [1.54, 1.807) is 0 Å². The summed E-state index contributed by atoms with van der Waals surface area (Å²) in [5, 5.41) is 0.151. The zero-order valence-electron chi connectivity index (χ0n) is 15.5. The number of thioether (sulfide) groups is 1. The molecule has 0 unspecified atom stereocenters. The minimum atomic E-state index is 0.0755. The van der Waals surface area contributed by atoms with Crippen LogP contribution in [0, 0.1) is 0 Å². The van der Waals surface area contributed by atoms with Crippen molar-refractivity contribution in [2.75, 3.05) is 0 Å². The lowest BCUT2D eigenvalue weighted by Crippen LogP contribution is -1.99. The second-order valence-electron chi connectivity index (χ2n) is 6.59. The van der Waals surface area contributed by atoms with E-state index in [9.17, 15) is 9.59 Å². The number of rotatable bonds is 16. The molecule has 0 bridgehead atoms. The number of unbranched alkanes of at least 4 members (excludes halogenated alkanes) is 12. The first-order valence-corrected chi connectivity index (χ1v) is 10.8. The van der Waals surface area contributed by atoms with Gasteiger partial charge in [0.2, 0.25) is 0 Å². The quantitative estimate of drug-likeness (QED) is 0.282. The lowest BCUT2D eigenvalue weighted by molar-refractivity contribution is -0.113. The molecule has 0 radical (unpaired) electrons. The van der Waals surface area contributed by atoms with Gasteiger partial charge in [-0.3, -0.25) is 9.59 Å². The van der Waals surface area contributed by atoms with Gasteiger partial charge in [-0.1, -0.05) is 90.9 Å². The molecule has 0 saturated carbocycles. The van der Waals surface area contributed by atoms with E-state index in [0.29, 0.717) is 12.8 Å². The molecule has 0 aromatic carbocycles. The Hall–Kier alpha value is -0.310. The molecule has 0 saturated heterocycles. The Morgan fingerprint density at radius 1 is 0.522 bits per heavy atom. The molecule has 0 rings (SSSR count). The lowest BCUT2D eigenvalue weighted by atomic mass is 10.1. The number of carbonyl (C=O) groups is 2. The van der Waals surface area contributed by atoms with Gasteiger partial charge >= 0.3 is 0 Å². The van der Waals surface area contributed by atoms with E-state index in [0.717, 1.165) is 37.4 Å². The number of carbonyl (C=O) groups excluding carboxylic acids is 2. The van der Waals surface area contributed by atoms with Gasteiger partial charge in [-0.15, -0.1) is 0 Å². The van der Waals surface area contributed by atoms with E-state index in [2.05, 4.69) is 13.8 Å². The third kappa shape index (κ3) is 17.9. The molecule has 0 N–H and O–H groups in total. The monoisotopic (exact) mass is 342 g/mol. The average molecular weight is 343 g/mol. The van der Waals surface area contributed by atoms with Gasteiger partial charge in [0.15, 0.2) is 10.2 Å². The van der Waals surface area contributed by atoms with Crippen LogP contribution < -0.4 is 0 Å². The van der Waals surface area contributed by atoms with Crippen molar-refractivity contribution in [3.63, 3.8) is 0 Å². The molecule has 0 spiro atoms. The molecule has 0 fully saturated rings. The largest absolute Gasteiger partial charge is 0.287 e. The van der Waals surface area contributed by atoms with Crippen molar-refractivity contribution >= 4 is 22.0 Å². The van der Waals surface area contributed by atoms with Crippen LogP contribution in [0.1, 0.15) is 117 Å². The highest BCUT2D eigenvalue weighted by atomic mass is 32.2. The van der Waals surface area contributed by atoms with E-state index in [1.165, 1.54) is 64.2 Å². The Kier molecular flexibility index (Phi) is 17.8. The molecule has 0 atom stereocenters. The molecule has 0 aromatic heterocycles. The number of hydrogen-bond acceptors (Lipinski definition) is 3. The second-order valence-corrected chi connectivity index (χ2v) is 7.70. The summed E-state index contributed by atoms with van der Waals surface area (Å²) in [5.74, 6) is 0. The molecule has 0 aromatic rings. The van der Waals surface area contributed by atoms with Gasteiger partial charge in [-0.2, -0.15) is 0 Å². The first kappa shape index (κ1) is 22.7. The van der Waals surface area contributed by atoms with Crippen LogP contribution in [0.2, 0.25) is 0 Å². The molecule has 0 amide bonds. The fraction of sp³-hybridized carbons (Fsp3) is 0.900. The van der Waals surface area contributed by atoms with E-state index in [4.69, 9.17) is 0 Å². The third-order valence-corrected chi connectivity index (χ3v) is 5.06. The van der Waals surface area contributed by atoms with Crippen LogP contribution in [-0.4, -0.2) is 10.2 Å². The van der Waals surface area contributed by atoms with Crippen molar-refractivity contribution in [1.82, 2.24) is 0 Å². The Morgan fingerprint density at radius 3 is 1.17 bits per heavy atom. The maximum Gasteiger partial charge on any atom is 0.196 e. The molecule has 0 aliphatic heterocycles. The second kappa shape index (κ2) is 18.0. The lowest BCUT2D eigenvalue weighted by Gasteiger charge is -2.02. The van der Waals surface area contributed by atoms with Crippen LogP contribution in [0.5, 0.6) is 0 Å². The molecule has 0 heterocycles. The van der Waals surface area contributed by atoms with Gasteiger partial charge in [0, 0.05) is 12.8 Å². The Labute approximate surface area is 148 Å². The molecular weight excluding hydrogens is 304 g/mol. The zero-order valence-corrected chi connectivity index (χ0v) is 16.4. The summed E-state index contributed by atoms with van der Waals surface area (Å²) in [6.07, 6.45) is 18.1. The van der Waals surface area contributed by atoms with Crippen molar-refractivity contribution in [2.24, 2.45) is 0 Å². The SMILES string of the molecule is CCCCCCCCCC(=O)SC(=O)CCCCCCCCC. The Bertz CT molecular complexity index is 261. The van der Waals surface area contributed by atoms with Gasteiger partial charge in [0.05, 0.1) is 0 Å². The predicted octanol–water partition coefficient (Wildman–Crippen LogP) is 7.05. The van der Waals surface area contributed by atoms with Crippen LogP contribution in [0.4, 0.5) is 0 Å². The van der Waals surface area contributed by atoms with Crippen molar-refractivity contribution in [1.29, 1.82) is 0 Å². The van der Waals surface area contributed by atoms with Crippen LogP contribution in [0.3, 0.4) is 0 Å². The summed E-state index contributed by atoms with van der Waals surface area (Å²) in [5.41, 5.74) is 0. The highest BCUT2D eigenvalue weighted by Crippen LogP contribution is 2.17. The Balaban J connectivity index is 3.36. The van der Waals surface area contributed by atoms with Gasteiger partial charge in [0.1, 0.15) is 0 Å². The summed E-state index contributed by atoms with van der Waals surface area (Å²) in [7, 11) is 0. The van der Waals surface area contributed by atoms with Gasteiger partial charge < -0.3 is 0 Å². The molecule has 0 aliphatic rings. The standard InChI is InChI=1S/C20H38O2S/c1-3-5-7-9-11-13-15-17-19(21)23-20(22)18-16-14-12-10-8-6-4-2/h3-18H2,1-2H3. The fourth-order valence-electron chi connectivity index (χ4n) is 2.68. The first-order chi connectivity index (χ1) is 11.2. The van der Waals surface area contributed by atoms with Crippen LogP contribution >= 0.6 is 11.8 Å². The fourth-order valence-corrected chi connectivity index (χ4v) is 3.43. The van der Waals surface area contributed by atoms with Gasteiger partial charge in [-0.05, 0) is 24.6 Å². The minimum Gasteiger partial charge on any atom is -0.287 e. The van der Waals surface area contributed by atoms with E-state index in [-0.39, 0.29) is 10.2 Å². The van der Waals surface area contributed by atoms with Gasteiger partial charge in [0.25, 0.3) is 0 Å². The molecule has 23 heavy (non-hydrogen) atoms. The topological polar surface area (TPSA) is 34.1 Å². The number of hydrogen-bond donors (Lipinski definition) is 0. The summed E-state index contributed by atoms with van der Waals surface area (Å²) >= 11 is 0.966. The molecule has 136 valence electrons. The average Bonchev–Trinajstić information content (AvgIpc) is 2.53. The predicted molar refractivity (Wildman–Crippen MR) is 103 cm³/mol. The van der Waals surface area contributed by atoms with Crippen molar-refractivity contribution in [3.8, 4) is 0 Å². The normalized spacial score (nSPS) is 10.9. The summed E-state index contributed by atoms with van der Waals surface area (Å²) in [6, 6.07) is 0. The summed E-state index contributed by atoms with van der Waals surface area (Å²) < 4.78 is 0. The summed E-state index contributed by atoms with van der Waals surface area (Å²) in [6.45, 7) is 4.44. The highest BCUT2D eigenvalue weighted by Gasteiger charge is 2.10. The minimum absolute atomic E-state index is 0.0755. The maximum absolute atomic E-state index is 11.7. The molecular formula is C20H38O2S. The maximum atomic E-state index is 11.7. The van der Waals surface area contributed by atoms with Crippen LogP contribution in [0.25, 0.3) is 0 Å². The smallest absolute Gasteiger partial charge is 0.196 e. The molecule has 0 aliphatic carbocycles. The zero-order chi connectivity index (χ0) is 17.2. The first-order valence-electron chi connectivity index (χ1n) is 9.94. The van der Waals surface area contributed by atoms with Crippen molar-refractivity contribution < 1.29 is 9.59 Å². The summed E-state index contributed by atoms with van der Waals surface area (Å²) in [4.78, 5) is 23.5. The van der Waals surface area contributed by atoms with Gasteiger partial charge in [-0.25, -0.2) is 0 Å². The van der Waals surface area contributed by atoms with Crippen LogP contribution in [-0.2, 0) is 9.59 Å². The molecule has 3 heteroatoms. The van der Waals surface area contributed by atoms with E-state index < -0.39 is 0 Å². The van der Waals surface area contributed by atoms with Crippen molar-refractivity contribution in [2.45, 2.75) is 117 Å². The third-order valence-electron chi connectivity index (χ3n) is 4.20. The molecule has 2 nitrogen and oxygen atoms in total. The van der Waals surface area contributed by atoms with E-state index in [1.807, 2.05) is 0 Å². The van der Waals surface area contributed by atoms with E-state index >= 15 is 0 Å².